The zero-order chi connectivity index (χ0) is 13.8. The van der Waals surface area contributed by atoms with Crippen molar-refractivity contribution in [3.63, 3.8) is 0 Å². The number of rotatable bonds is 4. The first kappa shape index (κ1) is 14.1. The fourth-order valence-electron chi connectivity index (χ4n) is 2.37. The normalized spacial score (nSPS) is 20.9. The van der Waals surface area contributed by atoms with E-state index in [1.165, 1.54) is 26.4 Å². The quantitative estimate of drug-likeness (QED) is 0.912. The number of ether oxygens (including phenoxy) is 3. The van der Waals surface area contributed by atoms with Gasteiger partial charge in [0.25, 0.3) is 0 Å². The van der Waals surface area contributed by atoms with Gasteiger partial charge in [0, 0.05) is 24.2 Å². The molecule has 0 aromatic heterocycles. The monoisotopic (exact) mass is 270 g/mol. The van der Waals surface area contributed by atoms with Gasteiger partial charge in [0.15, 0.2) is 11.5 Å². The molecule has 0 bridgehead atoms. The topological polar surface area (TPSA) is 47.9 Å². The van der Waals surface area contributed by atoms with Gasteiger partial charge in [0.05, 0.1) is 26.9 Å². The Hall–Kier alpha value is -1.33. The number of methoxy groups -OCH3 is 2. The standard InChI is InChI=1S/C14H19FO4/c1-17-12-6-10(11(15)7-13(12)18-2)14(16)9-4-3-5-19-8-9/h6-7,9,14,16H,3-5,8H2,1-2H3. The summed E-state index contributed by atoms with van der Waals surface area (Å²) in [5.74, 6) is 0.155. The Labute approximate surface area is 112 Å². The lowest BCUT2D eigenvalue weighted by Gasteiger charge is -2.27. The zero-order valence-corrected chi connectivity index (χ0v) is 11.2. The first-order chi connectivity index (χ1) is 9.17. The first-order valence-electron chi connectivity index (χ1n) is 6.34. The fraction of sp³-hybridized carbons (Fsp3) is 0.571. The average Bonchev–Trinajstić information content (AvgIpc) is 2.47. The second-order valence-electron chi connectivity index (χ2n) is 4.65. The van der Waals surface area contributed by atoms with E-state index in [-0.39, 0.29) is 11.5 Å². The second kappa shape index (κ2) is 6.21. The average molecular weight is 270 g/mol. The molecule has 4 nitrogen and oxygen atoms in total. The molecule has 1 N–H and O–H groups in total. The minimum Gasteiger partial charge on any atom is -0.493 e. The molecule has 1 aliphatic rings. The third-order valence-electron chi connectivity index (χ3n) is 3.46. The highest BCUT2D eigenvalue weighted by molar-refractivity contribution is 5.44. The maximum absolute atomic E-state index is 14.0. The highest BCUT2D eigenvalue weighted by Crippen LogP contribution is 2.36. The van der Waals surface area contributed by atoms with Crippen molar-refractivity contribution in [1.82, 2.24) is 0 Å². The van der Waals surface area contributed by atoms with Gasteiger partial charge in [0.1, 0.15) is 5.82 Å². The molecule has 0 spiro atoms. The Bertz CT molecular complexity index is 430. The van der Waals surface area contributed by atoms with Gasteiger partial charge in [-0.15, -0.1) is 0 Å². The third kappa shape index (κ3) is 2.98. The summed E-state index contributed by atoms with van der Waals surface area (Å²) < 4.78 is 29.5. The van der Waals surface area contributed by atoms with Crippen LogP contribution in [0.5, 0.6) is 11.5 Å². The number of hydrogen-bond acceptors (Lipinski definition) is 4. The predicted octanol–water partition coefficient (Wildman–Crippen LogP) is 2.30. The van der Waals surface area contributed by atoms with Crippen LogP contribution in [0.1, 0.15) is 24.5 Å². The molecule has 1 heterocycles. The van der Waals surface area contributed by atoms with Crippen LogP contribution in [0.2, 0.25) is 0 Å². The summed E-state index contributed by atoms with van der Waals surface area (Å²) in [7, 11) is 2.93. The molecule has 0 saturated carbocycles. The Morgan fingerprint density at radius 1 is 1.32 bits per heavy atom. The Morgan fingerprint density at radius 3 is 2.58 bits per heavy atom. The van der Waals surface area contributed by atoms with Crippen LogP contribution in [0.4, 0.5) is 4.39 Å². The molecule has 106 valence electrons. The summed E-state index contributed by atoms with van der Waals surface area (Å²) in [5.41, 5.74) is 0.230. The Kier molecular flexibility index (Phi) is 4.61. The van der Waals surface area contributed by atoms with Crippen molar-refractivity contribution in [2.45, 2.75) is 18.9 Å². The molecule has 5 heteroatoms. The predicted molar refractivity (Wildman–Crippen MR) is 68.0 cm³/mol. The van der Waals surface area contributed by atoms with Gasteiger partial charge in [-0.3, -0.25) is 0 Å². The smallest absolute Gasteiger partial charge is 0.163 e. The van der Waals surface area contributed by atoms with E-state index < -0.39 is 11.9 Å². The first-order valence-corrected chi connectivity index (χ1v) is 6.34. The maximum Gasteiger partial charge on any atom is 0.163 e. The van der Waals surface area contributed by atoms with Crippen molar-refractivity contribution in [2.75, 3.05) is 27.4 Å². The van der Waals surface area contributed by atoms with Crippen molar-refractivity contribution < 1.29 is 23.7 Å². The SMILES string of the molecule is COc1cc(F)c(C(O)C2CCCOC2)cc1OC. The van der Waals surface area contributed by atoms with E-state index in [0.717, 1.165) is 12.8 Å². The Balaban J connectivity index is 2.27. The third-order valence-corrected chi connectivity index (χ3v) is 3.46. The number of hydrogen-bond donors (Lipinski definition) is 1. The summed E-state index contributed by atoms with van der Waals surface area (Å²) in [5, 5.41) is 10.3. The van der Waals surface area contributed by atoms with Gasteiger partial charge >= 0.3 is 0 Å². The van der Waals surface area contributed by atoms with Crippen LogP contribution in [-0.4, -0.2) is 32.5 Å². The van der Waals surface area contributed by atoms with Gasteiger partial charge in [-0.1, -0.05) is 0 Å². The number of halogens is 1. The minimum atomic E-state index is -0.889. The summed E-state index contributed by atoms with van der Waals surface area (Å²) in [6, 6.07) is 2.73. The summed E-state index contributed by atoms with van der Waals surface area (Å²) in [4.78, 5) is 0. The molecule has 0 radical (unpaired) electrons. The fourth-order valence-corrected chi connectivity index (χ4v) is 2.37. The van der Waals surface area contributed by atoms with E-state index in [1.807, 2.05) is 0 Å². The second-order valence-corrected chi connectivity index (χ2v) is 4.65. The Morgan fingerprint density at radius 2 is 2.00 bits per heavy atom. The van der Waals surface area contributed by atoms with Crippen molar-refractivity contribution >= 4 is 0 Å². The highest BCUT2D eigenvalue weighted by atomic mass is 19.1. The van der Waals surface area contributed by atoms with Crippen LogP contribution in [0.3, 0.4) is 0 Å². The molecule has 1 aromatic carbocycles. The van der Waals surface area contributed by atoms with Gasteiger partial charge in [-0.05, 0) is 18.9 Å². The number of aliphatic hydroxyl groups is 1. The molecule has 2 unspecified atom stereocenters. The molecule has 0 aliphatic carbocycles. The van der Waals surface area contributed by atoms with Gasteiger partial charge in [-0.2, -0.15) is 0 Å². The molecule has 1 aromatic rings. The molecule has 0 amide bonds. The van der Waals surface area contributed by atoms with E-state index in [0.29, 0.717) is 24.7 Å². The van der Waals surface area contributed by atoms with E-state index in [4.69, 9.17) is 14.2 Å². The largest absolute Gasteiger partial charge is 0.493 e. The van der Waals surface area contributed by atoms with E-state index in [9.17, 15) is 9.50 Å². The van der Waals surface area contributed by atoms with Crippen molar-refractivity contribution in [2.24, 2.45) is 5.92 Å². The molecule has 2 rings (SSSR count). The highest BCUT2D eigenvalue weighted by Gasteiger charge is 2.27. The van der Waals surface area contributed by atoms with Gasteiger partial charge in [-0.25, -0.2) is 4.39 Å². The molecular weight excluding hydrogens is 251 g/mol. The number of benzene rings is 1. The molecule has 1 aliphatic heterocycles. The van der Waals surface area contributed by atoms with Gasteiger partial charge in [0.2, 0.25) is 0 Å². The van der Waals surface area contributed by atoms with Crippen LogP contribution >= 0.6 is 0 Å². The lowest BCUT2D eigenvalue weighted by atomic mass is 9.90. The molecule has 1 fully saturated rings. The van der Waals surface area contributed by atoms with Crippen LogP contribution in [0, 0.1) is 11.7 Å². The minimum absolute atomic E-state index is 0.0821. The van der Waals surface area contributed by atoms with Crippen LogP contribution in [0.15, 0.2) is 12.1 Å². The van der Waals surface area contributed by atoms with Crippen LogP contribution in [-0.2, 0) is 4.74 Å². The van der Waals surface area contributed by atoms with Crippen molar-refractivity contribution in [3.8, 4) is 11.5 Å². The maximum atomic E-state index is 14.0. The summed E-state index contributed by atoms with van der Waals surface area (Å²) >= 11 is 0. The van der Waals surface area contributed by atoms with E-state index in [1.54, 1.807) is 0 Å². The van der Waals surface area contributed by atoms with Gasteiger partial charge < -0.3 is 19.3 Å². The van der Waals surface area contributed by atoms with E-state index in [2.05, 4.69) is 0 Å². The number of aliphatic hydroxyl groups excluding tert-OH is 1. The van der Waals surface area contributed by atoms with Crippen LogP contribution < -0.4 is 9.47 Å². The summed E-state index contributed by atoms with van der Waals surface area (Å²) in [6.07, 6.45) is 0.825. The molecule has 2 atom stereocenters. The molecule has 1 saturated heterocycles. The lowest BCUT2D eigenvalue weighted by molar-refractivity contribution is -0.0113. The lowest BCUT2D eigenvalue weighted by Crippen LogP contribution is -2.24. The van der Waals surface area contributed by atoms with Crippen LogP contribution in [0.25, 0.3) is 0 Å². The van der Waals surface area contributed by atoms with E-state index >= 15 is 0 Å². The molecule has 19 heavy (non-hydrogen) atoms. The molecular formula is C14H19FO4. The van der Waals surface area contributed by atoms with Crippen molar-refractivity contribution in [1.29, 1.82) is 0 Å². The van der Waals surface area contributed by atoms with Crippen molar-refractivity contribution in [3.05, 3.63) is 23.5 Å². The zero-order valence-electron chi connectivity index (χ0n) is 11.2. The summed E-state index contributed by atoms with van der Waals surface area (Å²) in [6.45, 7) is 1.16.